The van der Waals surface area contributed by atoms with Crippen LogP contribution < -0.4 is 4.74 Å². The van der Waals surface area contributed by atoms with Gasteiger partial charge in [-0.25, -0.2) is 0 Å². The van der Waals surface area contributed by atoms with Crippen LogP contribution >= 0.6 is 0 Å². The highest BCUT2D eigenvalue weighted by molar-refractivity contribution is 6.74. The van der Waals surface area contributed by atoms with E-state index in [1.54, 1.807) is 0 Å². The maximum Gasteiger partial charge on any atom is 0.192 e. The van der Waals surface area contributed by atoms with Crippen LogP contribution in [0.3, 0.4) is 0 Å². The van der Waals surface area contributed by atoms with Crippen molar-refractivity contribution < 1.29 is 13.9 Å². The Hall–Kier alpha value is -2.06. The highest BCUT2D eigenvalue weighted by atomic mass is 28.4. The first-order chi connectivity index (χ1) is 14.1. The van der Waals surface area contributed by atoms with Gasteiger partial charge in [-0.15, -0.1) is 0 Å². The van der Waals surface area contributed by atoms with Crippen LogP contribution in [0.5, 0.6) is 5.75 Å². The van der Waals surface area contributed by atoms with Crippen LogP contribution in [0.15, 0.2) is 23.4 Å². The summed E-state index contributed by atoms with van der Waals surface area (Å²) in [5.74, 6) is 0.886. The molecule has 1 aromatic carbocycles. The van der Waals surface area contributed by atoms with E-state index in [1.807, 2.05) is 16.9 Å². The molecular formula is C21H33N5O3Si. The third-order valence-corrected chi connectivity index (χ3v) is 10.7. The van der Waals surface area contributed by atoms with E-state index in [4.69, 9.17) is 19.4 Å². The summed E-state index contributed by atoms with van der Waals surface area (Å²) < 4.78 is 20.4. The van der Waals surface area contributed by atoms with Crippen molar-refractivity contribution in [2.75, 3.05) is 19.8 Å². The zero-order valence-electron chi connectivity index (χ0n) is 18.9. The standard InChI is InChI=1S/C21H33N5O3Si/c1-15(29-30(5,6)21(2,3)4)13-26-20-16(12-24-26)7-8-19-18(20)11-17(14-28-19)27-10-9-23-25-22/h7-8,12,15,17H,9-11,13-14H2,1-6H3/t15-,17-/m1/s1. The molecule has 2 aromatic rings. The second-order valence-electron chi connectivity index (χ2n) is 9.46. The van der Waals surface area contributed by atoms with E-state index >= 15 is 0 Å². The number of fused-ring (bicyclic) bond motifs is 3. The molecule has 1 aliphatic heterocycles. The molecule has 0 saturated heterocycles. The van der Waals surface area contributed by atoms with Crippen molar-refractivity contribution in [2.24, 2.45) is 5.11 Å². The molecule has 0 spiro atoms. The lowest BCUT2D eigenvalue weighted by Gasteiger charge is -2.38. The molecule has 0 fully saturated rings. The fraction of sp³-hybridized carbons (Fsp3) is 0.667. The van der Waals surface area contributed by atoms with Gasteiger partial charge in [0, 0.05) is 28.8 Å². The first-order valence-corrected chi connectivity index (χ1v) is 13.4. The summed E-state index contributed by atoms with van der Waals surface area (Å²) in [5, 5.41) is 9.43. The zero-order valence-corrected chi connectivity index (χ0v) is 19.9. The van der Waals surface area contributed by atoms with Gasteiger partial charge in [0.15, 0.2) is 8.32 Å². The summed E-state index contributed by atoms with van der Waals surface area (Å²) in [5.41, 5.74) is 10.6. The third kappa shape index (κ3) is 4.98. The summed E-state index contributed by atoms with van der Waals surface area (Å²) in [7, 11) is -1.85. The average molecular weight is 432 g/mol. The molecule has 0 radical (unpaired) electrons. The Morgan fingerprint density at radius 3 is 2.87 bits per heavy atom. The molecule has 0 unspecified atom stereocenters. The maximum atomic E-state index is 8.41. The smallest absolute Gasteiger partial charge is 0.192 e. The quantitative estimate of drug-likeness (QED) is 0.191. The molecule has 0 N–H and O–H groups in total. The second-order valence-corrected chi connectivity index (χ2v) is 14.2. The number of nitrogens with zero attached hydrogens (tertiary/aromatic N) is 5. The Morgan fingerprint density at radius 2 is 2.17 bits per heavy atom. The van der Waals surface area contributed by atoms with Gasteiger partial charge in [-0.1, -0.05) is 25.9 Å². The van der Waals surface area contributed by atoms with Gasteiger partial charge in [-0.05, 0) is 42.7 Å². The number of azide groups is 1. The van der Waals surface area contributed by atoms with E-state index < -0.39 is 8.32 Å². The highest BCUT2D eigenvalue weighted by Crippen LogP contribution is 2.38. The molecule has 1 aromatic heterocycles. The summed E-state index contributed by atoms with van der Waals surface area (Å²) in [6.45, 7) is 15.3. The van der Waals surface area contributed by atoms with Gasteiger partial charge in [-0.3, -0.25) is 4.68 Å². The van der Waals surface area contributed by atoms with Gasteiger partial charge in [0.05, 0.1) is 37.1 Å². The molecule has 164 valence electrons. The molecular weight excluding hydrogens is 398 g/mol. The van der Waals surface area contributed by atoms with Gasteiger partial charge >= 0.3 is 0 Å². The van der Waals surface area contributed by atoms with E-state index in [1.165, 1.54) is 0 Å². The molecule has 3 rings (SSSR count). The molecule has 1 aliphatic rings. The van der Waals surface area contributed by atoms with Gasteiger partial charge in [0.25, 0.3) is 0 Å². The van der Waals surface area contributed by atoms with Crippen molar-refractivity contribution >= 4 is 19.2 Å². The first kappa shape index (κ1) is 22.6. The second kappa shape index (κ2) is 8.97. The van der Waals surface area contributed by atoms with Crippen LogP contribution in [-0.4, -0.2) is 50.1 Å². The summed E-state index contributed by atoms with van der Waals surface area (Å²) in [6.07, 6.45) is 2.64. The Labute approximate surface area is 179 Å². The van der Waals surface area contributed by atoms with E-state index in [0.717, 1.165) is 28.6 Å². The molecule has 2 heterocycles. The molecule has 9 heteroatoms. The van der Waals surface area contributed by atoms with Gasteiger partial charge in [-0.2, -0.15) is 5.10 Å². The number of hydrogen-bond acceptors (Lipinski definition) is 5. The van der Waals surface area contributed by atoms with Gasteiger partial charge in [0.1, 0.15) is 12.4 Å². The van der Waals surface area contributed by atoms with Crippen molar-refractivity contribution in [1.29, 1.82) is 0 Å². The monoisotopic (exact) mass is 431 g/mol. The van der Waals surface area contributed by atoms with Gasteiger partial charge < -0.3 is 13.9 Å². The Morgan fingerprint density at radius 1 is 1.40 bits per heavy atom. The minimum Gasteiger partial charge on any atom is -0.491 e. The first-order valence-electron chi connectivity index (χ1n) is 10.5. The number of hydrogen-bond donors (Lipinski definition) is 0. The number of rotatable bonds is 8. The SMILES string of the molecule is C[C@H](Cn1ncc2ccc3c(c21)C[C@@H](OCCN=[N+]=[N-])CO3)O[Si](C)(C)C(C)(C)C. The van der Waals surface area contributed by atoms with Crippen LogP contribution in [0.25, 0.3) is 21.3 Å². The van der Waals surface area contributed by atoms with Crippen molar-refractivity contribution in [2.45, 2.75) is 71.0 Å². The van der Waals surface area contributed by atoms with E-state index in [-0.39, 0.29) is 17.2 Å². The summed E-state index contributed by atoms with van der Waals surface area (Å²) in [4.78, 5) is 2.76. The lowest BCUT2D eigenvalue weighted by Crippen LogP contribution is -2.44. The van der Waals surface area contributed by atoms with E-state index in [9.17, 15) is 0 Å². The van der Waals surface area contributed by atoms with Crippen LogP contribution in [0.4, 0.5) is 0 Å². The topological polar surface area (TPSA) is 94.3 Å². The lowest BCUT2D eigenvalue weighted by atomic mass is 10.0. The number of benzene rings is 1. The predicted octanol–water partition coefficient (Wildman–Crippen LogP) is 5.08. The molecule has 0 bridgehead atoms. The molecule has 0 saturated carbocycles. The van der Waals surface area contributed by atoms with E-state index in [0.29, 0.717) is 26.3 Å². The third-order valence-electron chi connectivity index (χ3n) is 6.06. The Bertz CT molecular complexity index is 931. The Balaban J connectivity index is 1.79. The van der Waals surface area contributed by atoms with Gasteiger partial charge in [0.2, 0.25) is 0 Å². The molecule has 0 amide bonds. The van der Waals surface area contributed by atoms with Crippen LogP contribution in [0.1, 0.15) is 33.3 Å². The predicted molar refractivity (Wildman–Crippen MR) is 120 cm³/mol. The molecule has 8 nitrogen and oxygen atoms in total. The van der Waals surface area contributed by atoms with Crippen molar-refractivity contribution in [3.05, 3.63) is 34.3 Å². The number of aromatic nitrogens is 2. The summed E-state index contributed by atoms with van der Waals surface area (Å²) in [6, 6.07) is 4.06. The average Bonchev–Trinajstić information content (AvgIpc) is 3.07. The maximum absolute atomic E-state index is 8.41. The highest BCUT2D eigenvalue weighted by Gasteiger charge is 2.38. The van der Waals surface area contributed by atoms with Crippen LogP contribution in [0.2, 0.25) is 18.1 Å². The zero-order chi connectivity index (χ0) is 21.9. The van der Waals surface area contributed by atoms with E-state index in [2.05, 4.69) is 62.0 Å². The molecule has 2 atom stereocenters. The molecule has 30 heavy (non-hydrogen) atoms. The lowest BCUT2D eigenvalue weighted by molar-refractivity contribution is 0.0158. The van der Waals surface area contributed by atoms with Crippen molar-refractivity contribution in [1.82, 2.24) is 9.78 Å². The number of ether oxygens (including phenoxy) is 2. The van der Waals surface area contributed by atoms with Crippen LogP contribution in [-0.2, 0) is 22.1 Å². The Kier molecular flexibility index (Phi) is 6.77. The van der Waals surface area contributed by atoms with Crippen molar-refractivity contribution in [3.63, 3.8) is 0 Å². The molecule has 0 aliphatic carbocycles. The van der Waals surface area contributed by atoms with Crippen LogP contribution in [0, 0.1) is 0 Å². The van der Waals surface area contributed by atoms with Crippen molar-refractivity contribution in [3.8, 4) is 5.75 Å². The fourth-order valence-electron chi connectivity index (χ4n) is 3.55. The summed E-state index contributed by atoms with van der Waals surface area (Å²) >= 11 is 0. The largest absolute Gasteiger partial charge is 0.491 e. The minimum atomic E-state index is -1.85. The normalized spacial score (nSPS) is 17.9. The minimum absolute atomic E-state index is 0.0604. The fourth-order valence-corrected chi connectivity index (χ4v) is 4.98.